The molecular weight excluding hydrogens is 551 g/mol. The van der Waals surface area contributed by atoms with E-state index in [-0.39, 0.29) is 46.7 Å². The average molecular weight is 581 g/mol. The number of nitrogens with one attached hydrogen (secondary N) is 2. The molecule has 3 aromatic carbocycles. The summed E-state index contributed by atoms with van der Waals surface area (Å²) < 4.78 is 59.8. The molecule has 0 bridgehead atoms. The van der Waals surface area contributed by atoms with Gasteiger partial charge in [0.2, 0.25) is 0 Å². The van der Waals surface area contributed by atoms with Crippen molar-refractivity contribution < 1.29 is 36.6 Å². The molecule has 0 saturated carbocycles. The van der Waals surface area contributed by atoms with Gasteiger partial charge in [-0.1, -0.05) is 12.1 Å². The van der Waals surface area contributed by atoms with E-state index >= 15 is 0 Å². The highest BCUT2D eigenvalue weighted by Gasteiger charge is 2.47. The van der Waals surface area contributed by atoms with Crippen LogP contribution >= 0.6 is 0 Å². The Morgan fingerprint density at radius 2 is 1.80 bits per heavy atom. The maximum atomic E-state index is 13.4. The minimum Gasteiger partial charge on any atom is -0.487 e. The molecule has 3 heterocycles. The van der Waals surface area contributed by atoms with E-state index in [1.165, 1.54) is 36.4 Å². The van der Waals surface area contributed by atoms with Gasteiger partial charge in [-0.25, -0.2) is 17.5 Å². The number of carbonyl (C=O) groups excluding carboxylic acids is 2. The van der Waals surface area contributed by atoms with E-state index in [0.29, 0.717) is 23.5 Å². The van der Waals surface area contributed by atoms with E-state index in [4.69, 9.17) is 14.2 Å². The number of anilines is 1. The van der Waals surface area contributed by atoms with Gasteiger partial charge in [-0.2, -0.15) is 0 Å². The summed E-state index contributed by atoms with van der Waals surface area (Å²) in [4.78, 5) is 24.6. The third-order valence-electron chi connectivity index (χ3n) is 7.85. The topological polar surface area (TPSA) is 120 Å². The SMILES string of the molecule is CC1(C)Oc2ccc(C(=O)NS(=O)(=O)c3ccc4c(c3)NC(=O)CO4)cc2[C@@H]2O[C@H](Cc3ccc(F)cc3)CC[C@H]21. The molecular formula is C30H29FN2O7S. The first-order valence-electron chi connectivity index (χ1n) is 13.4. The van der Waals surface area contributed by atoms with Crippen molar-refractivity contribution in [2.75, 3.05) is 11.9 Å². The second-order valence-electron chi connectivity index (χ2n) is 11.1. The van der Waals surface area contributed by atoms with Gasteiger partial charge in [-0.05, 0) is 87.2 Å². The lowest BCUT2D eigenvalue weighted by molar-refractivity contribution is -0.149. The van der Waals surface area contributed by atoms with Gasteiger partial charge in [0.15, 0.2) is 6.61 Å². The zero-order valence-electron chi connectivity index (χ0n) is 22.5. The molecule has 41 heavy (non-hydrogen) atoms. The number of hydrogen-bond donors (Lipinski definition) is 2. The Balaban J connectivity index is 1.24. The lowest BCUT2D eigenvalue weighted by atomic mass is 9.74. The number of sulfonamides is 1. The van der Waals surface area contributed by atoms with Gasteiger partial charge in [0, 0.05) is 17.0 Å². The molecule has 3 aliphatic heterocycles. The van der Waals surface area contributed by atoms with E-state index in [1.807, 2.05) is 13.8 Å². The lowest BCUT2D eigenvalue weighted by Crippen LogP contribution is -2.48. The monoisotopic (exact) mass is 580 g/mol. The quantitative estimate of drug-likeness (QED) is 0.455. The summed E-state index contributed by atoms with van der Waals surface area (Å²) in [5.74, 6) is -0.589. The van der Waals surface area contributed by atoms with Crippen LogP contribution in [0.5, 0.6) is 11.5 Å². The van der Waals surface area contributed by atoms with Crippen molar-refractivity contribution in [1.82, 2.24) is 4.72 Å². The maximum Gasteiger partial charge on any atom is 0.265 e. The van der Waals surface area contributed by atoms with Crippen molar-refractivity contribution >= 4 is 27.5 Å². The Kier molecular flexibility index (Phi) is 6.74. The molecule has 3 atom stereocenters. The van der Waals surface area contributed by atoms with Gasteiger partial charge >= 0.3 is 0 Å². The van der Waals surface area contributed by atoms with Gasteiger partial charge < -0.3 is 19.5 Å². The van der Waals surface area contributed by atoms with E-state index in [2.05, 4.69) is 10.0 Å². The Morgan fingerprint density at radius 3 is 2.59 bits per heavy atom. The fourth-order valence-electron chi connectivity index (χ4n) is 5.76. The predicted molar refractivity (Wildman–Crippen MR) is 147 cm³/mol. The molecule has 3 aromatic rings. The van der Waals surface area contributed by atoms with E-state index < -0.39 is 27.4 Å². The highest BCUT2D eigenvalue weighted by Crippen LogP contribution is 2.51. The Bertz CT molecular complexity index is 1640. The number of fused-ring (bicyclic) bond motifs is 4. The van der Waals surface area contributed by atoms with Gasteiger partial charge in [-0.3, -0.25) is 9.59 Å². The van der Waals surface area contributed by atoms with Gasteiger partial charge in [0.25, 0.3) is 21.8 Å². The van der Waals surface area contributed by atoms with Crippen molar-refractivity contribution in [1.29, 1.82) is 0 Å². The smallest absolute Gasteiger partial charge is 0.265 e. The lowest BCUT2D eigenvalue weighted by Gasteiger charge is -2.49. The van der Waals surface area contributed by atoms with E-state index in [1.54, 1.807) is 24.3 Å². The maximum absolute atomic E-state index is 13.4. The number of benzene rings is 3. The summed E-state index contributed by atoms with van der Waals surface area (Å²) in [7, 11) is -4.26. The van der Waals surface area contributed by atoms with Crippen LogP contribution in [0, 0.1) is 11.7 Å². The minimum atomic E-state index is -4.26. The molecule has 6 rings (SSSR count). The van der Waals surface area contributed by atoms with Crippen molar-refractivity contribution in [2.24, 2.45) is 5.92 Å². The van der Waals surface area contributed by atoms with Crippen molar-refractivity contribution in [2.45, 2.75) is 55.8 Å². The minimum absolute atomic E-state index is 0.00874. The highest BCUT2D eigenvalue weighted by molar-refractivity contribution is 7.90. The fourth-order valence-corrected chi connectivity index (χ4v) is 6.76. The van der Waals surface area contributed by atoms with Crippen LogP contribution in [0.25, 0.3) is 0 Å². The molecule has 3 aliphatic rings. The zero-order valence-corrected chi connectivity index (χ0v) is 23.3. The van der Waals surface area contributed by atoms with Crippen LogP contribution in [-0.4, -0.2) is 38.5 Å². The average Bonchev–Trinajstić information content (AvgIpc) is 2.93. The molecule has 214 valence electrons. The second kappa shape index (κ2) is 10.1. The number of ether oxygens (including phenoxy) is 3. The number of amides is 2. The molecule has 1 fully saturated rings. The van der Waals surface area contributed by atoms with Crippen LogP contribution in [0.1, 0.15) is 54.3 Å². The van der Waals surface area contributed by atoms with Crippen LogP contribution in [0.3, 0.4) is 0 Å². The Hall–Kier alpha value is -3.96. The van der Waals surface area contributed by atoms with Gasteiger partial charge in [0.05, 0.1) is 22.8 Å². The van der Waals surface area contributed by atoms with E-state index in [0.717, 1.165) is 18.4 Å². The summed E-state index contributed by atoms with van der Waals surface area (Å²) in [5.41, 5.74) is 1.47. The molecule has 0 unspecified atom stereocenters. The molecule has 0 aromatic heterocycles. The molecule has 0 spiro atoms. The van der Waals surface area contributed by atoms with Crippen LogP contribution in [0.4, 0.5) is 10.1 Å². The molecule has 1 saturated heterocycles. The number of hydrogen-bond acceptors (Lipinski definition) is 7. The van der Waals surface area contributed by atoms with Gasteiger partial charge in [-0.15, -0.1) is 0 Å². The normalized spacial score (nSPS) is 22.6. The van der Waals surface area contributed by atoms with Crippen molar-refractivity contribution in [3.63, 3.8) is 0 Å². The van der Waals surface area contributed by atoms with Crippen LogP contribution < -0.4 is 19.5 Å². The Morgan fingerprint density at radius 1 is 1.05 bits per heavy atom. The second-order valence-corrected chi connectivity index (χ2v) is 12.8. The molecule has 0 aliphatic carbocycles. The summed E-state index contributed by atoms with van der Waals surface area (Å²) in [6.45, 7) is 3.86. The van der Waals surface area contributed by atoms with Crippen molar-refractivity contribution in [3.05, 3.63) is 83.2 Å². The van der Waals surface area contributed by atoms with Crippen LogP contribution in [-0.2, 0) is 26.0 Å². The first-order chi connectivity index (χ1) is 19.5. The largest absolute Gasteiger partial charge is 0.487 e. The standard InChI is InChI=1S/C30H29FN2O7S/c1-30(2)23-10-8-20(13-17-3-6-19(31)7-4-17)39-28(23)22-14-18(5-11-25(22)40-30)29(35)33-41(36,37)21-9-12-26-24(15-21)32-27(34)16-38-26/h3-7,9,11-12,14-15,20,23,28H,8,10,13,16H2,1-2H3,(H,32,34)(H,33,35)/t20-,23+,28-/m0/s1. The highest BCUT2D eigenvalue weighted by atomic mass is 32.2. The molecule has 2 N–H and O–H groups in total. The summed E-state index contributed by atoms with van der Waals surface area (Å²) in [6.07, 6.45) is 1.75. The van der Waals surface area contributed by atoms with Crippen LogP contribution in [0.15, 0.2) is 65.6 Å². The summed E-state index contributed by atoms with van der Waals surface area (Å²) in [6, 6.07) is 15.1. The first-order valence-corrected chi connectivity index (χ1v) is 14.8. The molecule has 2 amide bonds. The first kappa shape index (κ1) is 27.2. The van der Waals surface area contributed by atoms with Gasteiger partial charge in [0.1, 0.15) is 22.9 Å². The third-order valence-corrected chi connectivity index (χ3v) is 9.18. The zero-order chi connectivity index (χ0) is 28.9. The summed E-state index contributed by atoms with van der Waals surface area (Å²) in [5, 5.41) is 2.56. The number of carbonyl (C=O) groups is 2. The molecule has 9 nitrogen and oxygen atoms in total. The Labute approximate surface area is 237 Å². The molecule has 0 radical (unpaired) electrons. The fraction of sp³-hybridized carbons (Fsp3) is 0.333. The number of rotatable bonds is 5. The van der Waals surface area contributed by atoms with Crippen LogP contribution in [0.2, 0.25) is 0 Å². The predicted octanol–water partition coefficient (Wildman–Crippen LogP) is 4.53. The molecule has 11 heteroatoms. The van der Waals surface area contributed by atoms with Crippen molar-refractivity contribution in [3.8, 4) is 11.5 Å². The number of halogens is 1. The third kappa shape index (κ3) is 5.39. The van der Waals surface area contributed by atoms with E-state index in [9.17, 15) is 22.4 Å². The summed E-state index contributed by atoms with van der Waals surface area (Å²) >= 11 is 0.